The van der Waals surface area contributed by atoms with Crippen LogP contribution in [0.1, 0.15) is 19.4 Å². The molecule has 1 heterocycles. The molecule has 1 aliphatic rings. The minimum Gasteiger partial charge on any atom is -0.397 e. The molecule has 5 nitrogen and oxygen atoms in total. The van der Waals surface area contributed by atoms with Crippen molar-refractivity contribution in [1.82, 2.24) is 4.90 Å². The van der Waals surface area contributed by atoms with Crippen molar-refractivity contribution in [3.63, 3.8) is 0 Å². The molecule has 0 amide bonds. The molecular formula is C15H22N4O. The van der Waals surface area contributed by atoms with Gasteiger partial charge in [0.1, 0.15) is 0 Å². The van der Waals surface area contributed by atoms with Gasteiger partial charge in [-0.25, -0.2) is 0 Å². The minimum absolute atomic E-state index is 0.633. The van der Waals surface area contributed by atoms with Gasteiger partial charge in [0, 0.05) is 32.7 Å². The molecule has 0 aromatic heterocycles. The quantitative estimate of drug-likeness (QED) is 0.805. The van der Waals surface area contributed by atoms with Crippen molar-refractivity contribution in [2.75, 3.05) is 43.4 Å². The van der Waals surface area contributed by atoms with E-state index in [2.05, 4.69) is 15.9 Å². The van der Waals surface area contributed by atoms with Gasteiger partial charge in [-0.3, -0.25) is 4.90 Å². The third kappa shape index (κ3) is 3.62. The second-order valence-electron chi connectivity index (χ2n) is 5.96. The van der Waals surface area contributed by atoms with E-state index in [0.29, 0.717) is 17.8 Å². The molecule has 1 fully saturated rings. The second-order valence-corrected chi connectivity index (χ2v) is 5.96. The SMILES string of the molecule is CC(C)(O)CN1CCN(c2cc(C#N)ccc2N)CC1. The fraction of sp³-hybridized carbons (Fsp3) is 0.533. The molecule has 1 saturated heterocycles. The van der Waals surface area contributed by atoms with Crippen LogP contribution < -0.4 is 10.6 Å². The molecule has 3 N–H and O–H groups in total. The van der Waals surface area contributed by atoms with E-state index in [1.165, 1.54) is 0 Å². The molecule has 1 aromatic carbocycles. The van der Waals surface area contributed by atoms with Crippen molar-refractivity contribution >= 4 is 11.4 Å². The van der Waals surface area contributed by atoms with Crippen LogP contribution in [0.2, 0.25) is 0 Å². The van der Waals surface area contributed by atoms with Crippen LogP contribution in [0, 0.1) is 11.3 Å². The van der Waals surface area contributed by atoms with Crippen molar-refractivity contribution in [2.45, 2.75) is 19.4 Å². The van der Waals surface area contributed by atoms with Gasteiger partial charge in [0.2, 0.25) is 0 Å². The summed E-state index contributed by atoms with van der Waals surface area (Å²) in [6.07, 6.45) is 0. The van der Waals surface area contributed by atoms with Crippen LogP contribution in [0.25, 0.3) is 0 Å². The monoisotopic (exact) mass is 274 g/mol. The van der Waals surface area contributed by atoms with E-state index in [9.17, 15) is 5.11 Å². The zero-order chi connectivity index (χ0) is 14.8. The first-order valence-electron chi connectivity index (χ1n) is 6.88. The molecule has 0 atom stereocenters. The van der Waals surface area contributed by atoms with Gasteiger partial charge < -0.3 is 15.7 Å². The molecule has 5 heteroatoms. The average Bonchev–Trinajstić information content (AvgIpc) is 2.39. The van der Waals surface area contributed by atoms with Gasteiger partial charge >= 0.3 is 0 Å². The highest BCUT2D eigenvalue weighted by atomic mass is 16.3. The number of hydrogen-bond acceptors (Lipinski definition) is 5. The first-order chi connectivity index (χ1) is 9.39. The number of piperazine rings is 1. The summed E-state index contributed by atoms with van der Waals surface area (Å²) in [5.41, 5.74) is 7.62. The van der Waals surface area contributed by atoms with E-state index in [1.54, 1.807) is 12.1 Å². The highest BCUT2D eigenvalue weighted by Crippen LogP contribution is 2.25. The van der Waals surface area contributed by atoms with Gasteiger partial charge in [0.25, 0.3) is 0 Å². The molecule has 1 aromatic rings. The van der Waals surface area contributed by atoms with Gasteiger partial charge in [-0.2, -0.15) is 5.26 Å². The molecule has 0 saturated carbocycles. The number of β-amino-alcohol motifs (C(OH)–C–C–N with tert-alkyl or cyclic N) is 1. The smallest absolute Gasteiger partial charge is 0.0992 e. The Hall–Kier alpha value is -1.77. The number of benzene rings is 1. The van der Waals surface area contributed by atoms with Crippen molar-refractivity contribution in [1.29, 1.82) is 5.26 Å². The third-order valence-electron chi connectivity index (χ3n) is 3.48. The Morgan fingerprint density at radius 2 is 1.95 bits per heavy atom. The summed E-state index contributed by atoms with van der Waals surface area (Å²) in [4.78, 5) is 4.46. The summed E-state index contributed by atoms with van der Waals surface area (Å²) < 4.78 is 0. The lowest BCUT2D eigenvalue weighted by molar-refractivity contribution is 0.0345. The number of nitrogens with two attached hydrogens (primary N) is 1. The predicted octanol–water partition coefficient (Wildman–Crippen LogP) is 1.03. The number of hydrogen-bond donors (Lipinski definition) is 2. The number of nitrogens with zero attached hydrogens (tertiary/aromatic N) is 3. The lowest BCUT2D eigenvalue weighted by atomic mass is 10.1. The van der Waals surface area contributed by atoms with Gasteiger partial charge in [0.15, 0.2) is 0 Å². The molecule has 0 aliphatic carbocycles. The molecular weight excluding hydrogens is 252 g/mol. The van der Waals surface area contributed by atoms with Crippen molar-refractivity contribution < 1.29 is 5.11 Å². The van der Waals surface area contributed by atoms with Crippen molar-refractivity contribution in [3.05, 3.63) is 23.8 Å². The Balaban J connectivity index is 2.02. The summed E-state index contributed by atoms with van der Waals surface area (Å²) in [5.74, 6) is 0. The zero-order valence-electron chi connectivity index (χ0n) is 12.1. The van der Waals surface area contributed by atoms with E-state index in [-0.39, 0.29) is 0 Å². The van der Waals surface area contributed by atoms with Crippen LogP contribution >= 0.6 is 0 Å². The summed E-state index contributed by atoms with van der Waals surface area (Å²) in [6, 6.07) is 7.52. The number of aliphatic hydroxyl groups is 1. The van der Waals surface area contributed by atoms with Crippen LogP contribution in [-0.4, -0.2) is 48.3 Å². The van der Waals surface area contributed by atoms with E-state index in [4.69, 9.17) is 11.0 Å². The standard InChI is InChI=1S/C15H22N4O/c1-15(2,20)11-18-5-7-19(8-6-18)14-9-12(10-16)3-4-13(14)17/h3-4,9,20H,5-8,11,17H2,1-2H3. The molecule has 0 spiro atoms. The fourth-order valence-electron chi connectivity index (χ4n) is 2.58. The van der Waals surface area contributed by atoms with Crippen LogP contribution in [0.3, 0.4) is 0 Å². The Kier molecular flexibility index (Phi) is 4.17. The first-order valence-corrected chi connectivity index (χ1v) is 6.88. The Morgan fingerprint density at radius 3 is 2.50 bits per heavy atom. The zero-order valence-corrected chi connectivity index (χ0v) is 12.1. The normalized spacial score (nSPS) is 17.0. The van der Waals surface area contributed by atoms with Crippen molar-refractivity contribution in [2.24, 2.45) is 0 Å². The number of nitriles is 1. The lowest BCUT2D eigenvalue weighted by Gasteiger charge is -2.38. The van der Waals surface area contributed by atoms with Crippen LogP contribution in [-0.2, 0) is 0 Å². The minimum atomic E-state index is -0.665. The van der Waals surface area contributed by atoms with Gasteiger partial charge in [-0.05, 0) is 32.0 Å². The molecule has 108 valence electrons. The highest BCUT2D eigenvalue weighted by molar-refractivity contribution is 5.69. The number of anilines is 2. The fourth-order valence-corrected chi connectivity index (χ4v) is 2.58. The Labute approximate surface area is 120 Å². The number of rotatable bonds is 3. The largest absolute Gasteiger partial charge is 0.397 e. The summed E-state index contributed by atoms with van der Waals surface area (Å²) >= 11 is 0. The van der Waals surface area contributed by atoms with Crippen LogP contribution in [0.4, 0.5) is 11.4 Å². The molecule has 0 bridgehead atoms. The molecule has 0 unspecified atom stereocenters. The van der Waals surface area contributed by atoms with Crippen LogP contribution in [0.5, 0.6) is 0 Å². The molecule has 1 aliphatic heterocycles. The first kappa shape index (κ1) is 14.6. The summed E-state index contributed by atoms with van der Waals surface area (Å²) in [7, 11) is 0. The topological polar surface area (TPSA) is 76.5 Å². The van der Waals surface area contributed by atoms with E-state index in [1.807, 2.05) is 19.9 Å². The lowest BCUT2D eigenvalue weighted by Crippen LogP contribution is -2.50. The Bertz CT molecular complexity index is 508. The maximum Gasteiger partial charge on any atom is 0.0992 e. The Morgan fingerprint density at radius 1 is 1.30 bits per heavy atom. The number of nitrogen functional groups attached to an aromatic ring is 1. The maximum atomic E-state index is 9.85. The van der Waals surface area contributed by atoms with E-state index in [0.717, 1.165) is 31.9 Å². The predicted molar refractivity (Wildman–Crippen MR) is 80.5 cm³/mol. The van der Waals surface area contributed by atoms with E-state index < -0.39 is 5.60 Å². The van der Waals surface area contributed by atoms with E-state index >= 15 is 0 Å². The molecule has 2 rings (SSSR count). The molecule has 20 heavy (non-hydrogen) atoms. The summed E-state index contributed by atoms with van der Waals surface area (Å²) in [5, 5.41) is 18.8. The second kappa shape index (κ2) is 5.70. The van der Waals surface area contributed by atoms with Crippen LogP contribution in [0.15, 0.2) is 18.2 Å². The van der Waals surface area contributed by atoms with Gasteiger partial charge in [0.05, 0.1) is 28.6 Å². The van der Waals surface area contributed by atoms with Crippen molar-refractivity contribution in [3.8, 4) is 6.07 Å². The maximum absolute atomic E-state index is 9.85. The summed E-state index contributed by atoms with van der Waals surface area (Å²) in [6.45, 7) is 7.82. The highest BCUT2D eigenvalue weighted by Gasteiger charge is 2.23. The van der Waals surface area contributed by atoms with Gasteiger partial charge in [-0.15, -0.1) is 0 Å². The average molecular weight is 274 g/mol. The molecule has 0 radical (unpaired) electrons. The van der Waals surface area contributed by atoms with Gasteiger partial charge in [-0.1, -0.05) is 0 Å². The third-order valence-corrected chi connectivity index (χ3v) is 3.48.